The lowest BCUT2D eigenvalue weighted by atomic mass is 10.2. The quantitative estimate of drug-likeness (QED) is 0.454. The molecule has 3 aromatic rings. The second kappa shape index (κ2) is 8.12. The Kier molecular flexibility index (Phi) is 5.45. The summed E-state index contributed by atoms with van der Waals surface area (Å²) in [5, 5.41) is 14.0. The van der Waals surface area contributed by atoms with E-state index < -0.39 is 28.9 Å². The van der Waals surface area contributed by atoms with Crippen molar-refractivity contribution < 1.29 is 14.3 Å². The van der Waals surface area contributed by atoms with Crippen LogP contribution in [-0.4, -0.2) is 26.8 Å². The Morgan fingerprint density at radius 3 is 2.50 bits per heavy atom. The summed E-state index contributed by atoms with van der Waals surface area (Å²) < 4.78 is 13.9. The molecule has 0 aliphatic rings. The number of aromatic amines is 1. The lowest BCUT2D eigenvalue weighted by Crippen LogP contribution is -2.32. The molecule has 1 aromatic heterocycles. The second-order valence-corrected chi connectivity index (χ2v) is 5.77. The molecule has 0 saturated carbocycles. The molecule has 0 aliphatic carbocycles. The summed E-state index contributed by atoms with van der Waals surface area (Å²) in [7, 11) is 0. The van der Waals surface area contributed by atoms with Crippen LogP contribution in [0.1, 0.15) is 21.5 Å². The van der Waals surface area contributed by atoms with Crippen molar-refractivity contribution in [3.8, 4) is 5.88 Å². The van der Waals surface area contributed by atoms with Crippen molar-refractivity contribution in [3.05, 3.63) is 97.9 Å². The number of amides is 1. The van der Waals surface area contributed by atoms with Gasteiger partial charge in [-0.1, -0.05) is 30.3 Å². The van der Waals surface area contributed by atoms with Gasteiger partial charge in [-0.3, -0.25) is 19.1 Å². The molecule has 0 spiro atoms. The molecule has 3 rings (SSSR count). The molecule has 0 bridgehead atoms. The van der Waals surface area contributed by atoms with Gasteiger partial charge >= 0.3 is 5.69 Å². The molecule has 1 amide bonds. The maximum Gasteiger partial charge on any atom is 0.331 e. The van der Waals surface area contributed by atoms with Crippen LogP contribution in [0.5, 0.6) is 5.88 Å². The number of benzene rings is 2. The third-order valence-electron chi connectivity index (χ3n) is 3.86. The van der Waals surface area contributed by atoms with Gasteiger partial charge in [-0.2, -0.15) is 5.10 Å². The van der Waals surface area contributed by atoms with E-state index >= 15 is 0 Å². The van der Waals surface area contributed by atoms with Gasteiger partial charge in [0.1, 0.15) is 11.4 Å². The highest BCUT2D eigenvalue weighted by Crippen LogP contribution is 2.11. The minimum Gasteiger partial charge on any atom is -0.494 e. The van der Waals surface area contributed by atoms with Crippen LogP contribution in [0, 0.1) is 5.82 Å². The van der Waals surface area contributed by atoms with Crippen LogP contribution in [0.2, 0.25) is 0 Å². The van der Waals surface area contributed by atoms with Crippen LogP contribution < -0.4 is 16.7 Å². The third kappa shape index (κ3) is 4.21. The first kappa shape index (κ1) is 18.8. The SMILES string of the molecule is O=C(N/N=C/c1c(O)n(Cc2ccc(F)cc2)c(=O)[nH]c1=O)c1ccccc1. The van der Waals surface area contributed by atoms with E-state index in [-0.39, 0.29) is 12.1 Å². The van der Waals surface area contributed by atoms with Crippen molar-refractivity contribution in [3.63, 3.8) is 0 Å². The van der Waals surface area contributed by atoms with E-state index in [2.05, 4.69) is 15.5 Å². The van der Waals surface area contributed by atoms with E-state index in [1.807, 2.05) is 0 Å². The van der Waals surface area contributed by atoms with Crippen molar-refractivity contribution in [2.45, 2.75) is 6.54 Å². The number of hydrogen-bond acceptors (Lipinski definition) is 5. The van der Waals surface area contributed by atoms with Crippen LogP contribution in [0.25, 0.3) is 0 Å². The van der Waals surface area contributed by atoms with Gasteiger partial charge in [0.2, 0.25) is 5.88 Å². The summed E-state index contributed by atoms with van der Waals surface area (Å²) >= 11 is 0. The van der Waals surface area contributed by atoms with Crippen molar-refractivity contribution in [2.24, 2.45) is 5.10 Å². The molecular weight excluding hydrogens is 367 g/mol. The lowest BCUT2D eigenvalue weighted by Gasteiger charge is -2.09. The van der Waals surface area contributed by atoms with E-state index in [1.165, 1.54) is 24.3 Å². The first-order valence-electron chi connectivity index (χ1n) is 8.14. The number of hydrogen-bond donors (Lipinski definition) is 3. The first-order valence-corrected chi connectivity index (χ1v) is 8.14. The Bertz CT molecular complexity index is 1140. The van der Waals surface area contributed by atoms with Gasteiger partial charge in [0.15, 0.2) is 0 Å². The predicted molar refractivity (Wildman–Crippen MR) is 100.0 cm³/mol. The molecule has 8 nitrogen and oxygen atoms in total. The highest BCUT2D eigenvalue weighted by atomic mass is 19.1. The number of hydrazone groups is 1. The fourth-order valence-corrected chi connectivity index (χ4v) is 2.42. The van der Waals surface area contributed by atoms with Crippen LogP contribution in [0.15, 0.2) is 69.3 Å². The number of aromatic hydroxyl groups is 1. The van der Waals surface area contributed by atoms with Crippen molar-refractivity contribution in [1.29, 1.82) is 0 Å². The Balaban J connectivity index is 1.85. The molecule has 1 heterocycles. The molecular formula is C19H15FN4O4. The standard InChI is InChI=1S/C19H15FN4O4/c20-14-8-6-12(7-9-14)11-24-18(27)15(17(26)22-19(24)28)10-21-23-16(25)13-4-2-1-3-5-13/h1-10,27H,11H2,(H,23,25)(H,22,26,28)/b21-10+. The summed E-state index contributed by atoms with van der Waals surface area (Å²) in [6.07, 6.45) is 0.940. The van der Waals surface area contributed by atoms with E-state index in [1.54, 1.807) is 30.3 Å². The van der Waals surface area contributed by atoms with E-state index in [0.717, 1.165) is 10.8 Å². The zero-order chi connectivity index (χ0) is 20.1. The van der Waals surface area contributed by atoms with Gasteiger partial charge in [-0.15, -0.1) is 0 Å². The van der Waals surface area contributed by atoms with E-state index in [4.69, 9.17) is 0 Å². The van der Waals surface area contributed by atoms with Gasteiger partial charge < -0.3 is 5.11 Å². The molecule has 0 atom stereocenters. The molecule has 0 radical (unpaired) electrons. The largest absolute Gasteiger partial charge is 0.494 e. The molecule has 142 valence electrons. The Labute approximate surface area is 157 Å². The van der Waals surface area contributed by atoms with Crippen LogP contribution in [0.3, 0.4) is 0 Å². The Hall–Kier alpha value is -4.01. The first-order chi connectivity index (χ1) is 13.5. The zero-order valence-corrected chi connectivity index (χ0v) is 14.4. The molecule has 28 heavy (non-hydrogen) atoms. The summed E-state index contributed by atoms with van der Waals surface area (Å²) in [6.45, 7) is -0.0983. The number of carbonyl (C=O) groups excluding carboxylic acids is 1. The van der Waals surface area contributed by atoms with Gasteiger partial charge in [0, 0.05) is 5.56 Å². The summed E-state index contributed by atoms with van der Waals surface area (Å²) in [6, 6.07) is 13.6. The number of nitrogens with one attached hydrogen (secondary N) is 2. The Morgan fingerprint density at radius 1 is 1.14 bits per heavy atom. The number of H-pyrrole nitrogens is 1. The minimum atomic E-state index is -0.865. The predicted octanol–water partition coefficient (Wildman–Crippen LogP) is 1.19. The molecule has 0 saturated heterocycles. The van der Waals surface area contributed by atoms with Crippen LogP contribution in [-0.2, 0) is 6.54 Å². The monoisotopic (exact) mass is 382 g/mol. The summed E-state index contributed by atoms with van der Waals surface area (Å²) in [5.41, 5.74) is 1.11. The van der Waals surface area contributed by atoms with Gasteiger partial charge in [-0.25, -0.2) is 14.6 Å². The minimum absolute atomic E-state index is 0.0983. The molecule has 0 unspecified atom stereocenters. The van der Waals surface area contributed by atoms with Crippen LogP contribution in [0.4, 0.5) is 4.39 Å². The molecule has 9 heteroatoms. The fourth-order valence-electron chi connectivity index (χ4n) is 2.42. The molecule has 2 aromatic carbocycles. The topological polar surface area (TPSA) is 117 Å². The van der Waals surface area contributed by atoms with Crippen molar-refractivity contribution >= 4 is 12.1 Å². The van der Waals surface area contributed by atoms with E-state index in [9.17, 15) is 23.9 Å². The maximum absolute atomic E-state index is 13.0. The average molecular weight is 382 g/mol. The van der Waals surface area contributed by atoms with E-state index in [0.29, 0.717) is 11.1 Å². The number of nitrogens with zero attached hydrogens (tertiary/aromatic N) is 2. The lowest BCUT2D eigenvalue weighted by molar-refractivity contribution is 0.0955. The average Bonchev–Trinajstić information content (AvgIpc) is 2.69. The zero-order valence-electron chi connectivity index (χ0n) is 14.4. The molecule has 0 aliphatic heterocycles. The molecule has 3 N–H and O–H groups in total. The number of aromatic nitrogens is 2. The highest BCUT2D eigenvalue weighted by Gasteiger charge is 2.13. The maximum atomic E-state index is 13.0. The second-order valence-electron chi connectivity index (χ2n) is 5.77. The Morgan fingerprint density at radius 2 is 1.82 bits per heavy atom. The van der Waals surface area contributed by atoms with Crippen LogP contribution >= 0.6 is 0 Å². The van der Waals surface area contributed by atoms with Gasteiger partial charge in [0.05, 0.1) is 12.8 Å². The van der Waals surface area contributed by atoms with Crippen molar-refractivity contribution in [2.75, 3.05) is 0 Å². The summed E-state index contributed by atoms with van der Waals surface area (Å²) in [5.74, 6) is -1.58. The van der Waals surface area contributed by atoms with Gasteiger partial charge in [-0.05, 0) is 29.8 Å². The fraction of sp³-hybridized carbons (Fsp3) is 0.0526. The third-order valence-corrected chi connectivity index (χ3v) is 3.86. The summed E-state index contributed by atoms with van der Waals surface area (Å²) in [4.78, 5) is 38.0. The number of rotatable bonds is 5. The normalized spacial score (nSPS) is 10.9. The molecule has 0 fully saturated rings. The number of carbonyl (C=O) groups is 1. The smallest absolute Gasteiger partial charge is 0.331 e. The van der Waals surface area contributed by atoms with Gasteiger partial charge in [0.25, 0.3) is 11.5 Å². The highest BCUT2D eigenvalue weighted by molar-refractivity contribution is 5.94. The number of halogens is 1. The van der Waals surface area contributed by atoms with Crippen molar-refractivity contribution in [1.82, 2.24) is 15.0 Å².